The predicted molar refractivity (Wildman–Crippen MR) is 79.2 cm³/mol. The van der Waals surface area contributed by atoms with Gasteiger partial charge in [-0.2, -0.15) is 0 Å². The van der Waals surface area contributed by atoms with Crippen LogP contribution in [0.2, 0.25) is 0 Å². The molecule has 2 aromatic carbocycles. The number of hydrogen-bond acceptors (Lipinski definition) is 2. The first-order valence-corrected chi connectivity index (χ1v) is 6.80. The van der Waals surface area contributed by atoms with E-state index in [0.717, 1.165) is 26.7 Å². The van der Waals surface area contributed by atoms with Crippen LogP contribution >= 0.6 is 15.9 Å². The van der Waals surface area contributed by atoms with Gasteiger partial charge in [-0.3, -0.25) is 5.84 Å². The van der Waals surface area contributed by atoms with Crippen molar-refractivity contribution in [3.8, 4) is 0 Å². The molecule has 2 aromatic rings. The molecule has 0 aliphatic rings. The fourth-order valence-electron chi connectivity index (χ4n) is 2.08. The van der Waals surface area contributed by atoms with Crippen LogP contribution in [-0.4, -0.2) is 0 Å². The Bertz CT molecular complexity index is 599. The van der Waals surface area contributed by atoms with Crippen molar-refractivity contribution < 1.29 is 4.39 Å². The van der Waals surface area contributed by atoms with Gasteiger partial charge in [0.2, 0.25) is 0 Å². The summed E-state index contributed by atoms with van der Waals surface area (Å²) in [5, 5.41) is 0. The number of hydrazine groups is 1. The molecule has 0 saturated heterocycles. The van der Waals surface area contributed by atoms with Gasteiger partial charge < -0.3 is 0 Å². The van der Waals surface area contributed by atoms with E-state index in [1.54, 1.807) is 6.07 Å². The van der Waals surface area contributed by atoms with Crippen LogP contribution in [0.5, 0.6) is 0 Å². The number of nitrogens with two attached hydrogens (primary N) is 1. The molecule has 0 saturated carbocycles. The van der Waals surface area contributed by atoms with E-state index in [-0.39, 0.29) is 11.9 Å². The van der Waals surface area contributed by atoms with Gasteiger partial charge in [0, 0.05) is 4.47 Å². The fourth-order valence-corrected chi connectivity index (χ4v) is 2.47. The lowest BCUT2D eigenvalue weighted by molar-refractivity contribution is 0.602. The molecule has 0 aliphatic heterocycles. The van der Waals surface area contributed by atoms with Gasteiger partial charge in [-0.25, -0.2) is 9.82 Å². The van der Waals surface area contributed by atoms with E-state index in [4.69, 9.17) is 5.84 Å². The van der Waals surface area contributed by atoms with Crippen LogP contribution in [-0.2, 0) is 0 Å². The highest BCUT2D eigenvalue weighted by molar-refractivity contribution is 9.10. The number of aryl methyl sites for hydroxylation is 2. The summed E-state index contributed by atoms with van der Waals surface area (Å²) in [5.74, 6) is 5.40. The van der Waals surface area contributed by atoms with Gasteiger partial charge in [0.15, 0.2) is 0 Å². The Hall–Kier alpha value is -1.23. The lowest BCUT2D eigenvalue weighted by atomic mass is 9.95. The van der Waals surface area contributed by atoms with Crippen LogP contribution < -0.4 is 11.3 Å². The van der Waals surface area contributed by atoms with Crippen molar-refractivity contribution in [1.82, 2.24) is 5.43 Å². The number of nitrogens with one attached hydrogen (secondary N) is 1. The lowest BCUT2D eigenvalue weighted by Gasteiger charge is -2.20. The van der Waals surface area contributed by atoms with E-state index >= 15 is 0 Å². The summed E-state index contributed by atoms with van der Waals surface area (Å²) in [4.78, 5) is 0. The van der Waals surface area contributed by atoms with E-state index in [2.05, 4.69) is 21.4 Å². The van der Waals surface area contributed by atoms with Crippen molar-refractivity contribution in [3.05, 3.63) is 68.9 Å². The Labute approximate surface area is 120 Å². The summed E-state index contributed by atoms with van der Waals surface area (Å²) in [6.45, 7) is 3.97. The Morgan fingerprint density at radius 3 is 2.42 bits per heavy atom. The highest BCUT2D eigenvalue weighted by Gasteiger charge is 2.16. The molecule has 0 amide bonds. The van der Waals surface area contributed by atoms with Crippen LogP contribution in [0.25, 0.3) is 0 Å². The summed E-state index contributed by atoms with van der Waals surface area (Å²) >= 11 is 3.51. The third-order valence-corrected chi connectivity index (χ3v) is 4.10. The fraction of sp³-hybridized carbons (Fsp3) is 0.200. The molecule has 1 unspecified atom stereocenters. The highest BCUT2D eigenvalue weighted by Crippen LogP contribution is 2.28. The zero-order valence-electron chi connectivity index (χ0n) is 10.9. The summed E-state index contributed by atoms with van der Waals surface area (Å²) in [6.07, 6.45) is 0. The predicted octanol–water partition coefficient (Wildman–Crippen LogP) is 3.76. The summed E-state index contributed by atoms with van der Waals surface area (Å²) in [7, 11) is 0. The summed E-state index contributed by atoms with van der Waals surface area (Å²) in [5.41, 5.74) is 6.75. The van der Waals surface area contributed by atoms with Crippen LogP contribution in [0, 0.1) is 19.7 Å². The first kappa shape index (κ1) is 14.2. The van der Waals surface area contributed by atoms with E-state index in [1.807, 2.05) is 32.0 Å². The van der Waals surface area contributed by atoms with Gasteiger partial charge in [-0.1, -0.05) is 34.1 Å². The van der Waals surface area contributed by atoms with Crippen molar-refractivity contribution in [2.75, 3.05) is 0 Å². The largest absolute Gasteiger partial charge is 0.271 e. The van der Waals surface area contributed by atoms with E-state index in [9.17, 15) is 4.39 Å². The minimum atomic E-state index is -0.257. The number of rotatable bonds is 3. The third kappa shape index (κ3) is 3.03. The average Bonchev–Trinajstić information content (AvgIpc) is 2.38. The Morgan fingerprint density at radius 1 is 1.11 bits per heavy atom. The van der Waals surface area contributed by atoms with Gasteiger partial charge in [0.25, 0.3) is 0 Å². The molecule has 0 heterocycles. The molecule has 4 heteroatoms. The minimum Gasteiger partial charge on any atom is -0.271 e. The normalized spacial score (nSPS) is 12.5. The van der Waals surface area contributed by atoms with Crippen LogP contribution in [0.1, 0.15) is 28.3 Å². The maximum absolute atomic E-state index is 13.4. The zero-order chi connectivity index (χ0) is 14.0. The number of halogens is 2. The molecule has 19 heavy (non-hydrogen) atoms. The Balaban J connectivity index is 2.49. The number of benzene rings is 2. The van der Waals surface area contributed by atoms with Gasteiger partial charge in [0.05, 0.1) is 6.04 Å². The molecule has 1 atom stereocenters. The second kappa shape index (κ2) is 5.82. The van der Waals surface area contributed by atoms with E-state index in [0.29, 0.717) is 0 Å². The molecular weight excluding hydrogens is 307 g/mol. The zero-order valence-corrected chi connectivity index (χ0v) is 12.5. The molecule has 2 nitrogen and oxygen atoms in total. The van der Waals surface area contributed by atoms with Gasteiger partial charge in [-0.05, 0) is 54.3 Å². The van der Waals surface area contributed by atoms with Gasteiger partial charge in [0.1, 0.15) is 5.82 Å². The monoisotopic (exact) mass is 322 g/mol. The van der Waals surface area contributed by atoms with Crippen LogP contribution in [0.4, 0.5) is 4.39 Å². The Morgan fingerprint density at radius 2 is 1.79 bits per heavy atom. The molecule has 0 radical (unpaired) electrons. The molecule has 3 N–H and O–H groups in total. The maximum Gasteiger partial charge on any atom is 0.123 e. The second-order valence-electron chi connectivity index (χ2n) is 4.61. The molecule has 0 fully saturated rings. The first-order valence-electron chi connectivity index (χ1n) is 6.01. The van der Waals surface area contributed by atoms with Crippen molar-refractivity contribution in [1.29, 1.82) is 0 Å². The van der Waals surface area contributed by atoms with Crippen molar-refractivity contribution in [3.63, 3.8) is 0 Å². The molecule has 2 rings (SSSR count). The average molecular weight is 323 g/mol. The van der Waals surface area contributed by atoms with Crippen molar-refractivity contribution in [2.24, 2.45) is 5.84 Å². The molecule has 0 bridgehead atoms. The maximum atomic E-state index is 13.4. The molecule has 100 valence electrons. The molecular formula is C15H16BrFN2. The van der Waals surface area contributed by atoms with E-state index in [1.165, 1.54) is 12.1 Å². The van der Waals surface area contributed by atoms with Crippen LogP contribution in [0.3, 0.4) is 0 Å². The van der Waals surface area contributed by atoms with Gasteiger partial charge in [-0.15, -0.1) is 0 Å². The topological polar surface area (TPSA) is 38.0 Å². The smallest absolute Gasteiger partial charge is 0.123 e. The molecule has 0 spiro atoms. The second-order valence-corrected chi connectivity index (χ2v) is 5.46. The van der Waals surface area contributed by atoms with E-state index < -0.39 is 0 Å². The minimum absolute atomic E-state index is 0.229. The Kier molecular flexibility index (Phi) is 4.34. The van der Waals surface area contributed by atoms with Crippen molar-refractivity contribution in [2.45, 2.75) is 19.9 Å². The molecule has 0 aromatic heterocycles. The van der Waals surface area contributed by atoms with Gasteiger partial charge >= 0.3 is 0 Å². The first-order chi connectivity index (χ1) is 9.02. The molecule has 0 aliphatic carbocycles. The third-order valence-electron chi connectivity index (χ3n) is 3.25. The highest BCUT2D eigenvalue weighted by atomic mass is 79.9. The standard InChI is InChI=1S/C15H16BrFN2/c1-9-4-6-12(17)8-13(9)15(19-18)11-5-3-10(2)14(16)7-11/h3-8,15,19H,18H2,1-2H3. The summed E-state index contributed by atoms with van der Waals surface area (Å²) in [6, 6.07) is 10.5. The quantitative estimate of drug-likeness (QED) is 0.667. The number of hydrogen-bond donors (Lipinski definition) is 2. The van der Waals surface area contributed by atoms with Crippen molar-refractivity contribution >= 4 is 15.9 Å². The lowest BCUT2D eigenvalue weighted by Crippen LogP contribution is -2.29. The summed E-state index contributed by atoms with van der Waals surface area (Å²) < 4.78 is 14.4. The SMILES string of the molecule is Cc1ccc(C(NN)c2cc(F)ccc2C)cc1Br. The van der Waals surface area contributed by atoms with Crippen LogP contribution in [0.15, 0.2) is 40.9 Å².